The molecule has 0 unspecified atom stereocenters. The minimum atomic E-state index is -0.199. The Hall–Kier alpha value is -3.53. The summed E-state index contributed by atoms with van der Waals surface area (Å²) in [5.74, 6) is 0.504. The van der Waals surface area contributed by atoms with Crippen molar-refractivity contribution < 1.29 is 14.6 Å². The molecule has 1 aromatic heterocycles. The van der Waals surface area contributed by atoms with Gasteiger partial charge in [-0.2, -0.15) is 10.4 Å². The van der Waals surface area contributed by atoms with Crippen LogP contribution < -0.4 is 4.74 Å². The molecule has 0 atom stereocenters. The lowest BCUT2D eigenvalue weighted by Gasteiger charge is -2.16. The largest absolute Gasteiger partial charge is 0.507 e. The van der Waals surface area contributed by atoms with E-state index >= 15 is 0 Å². The third kappa shape index (κ3) is 4.33. The first-order valence-corrected chi connectivity index (χ1v) is 10.7. The maximum Gasteiger partial charge on any atom is 0.258 e. The Kier molecular flexibility index (Phi) is 6.08. The van der Waals surface area contributed by atoms with Gasteiger partial charge in [0.1, 0.15) is 11.5 Å². The summed E-state index contributed by atoms with van der Waals surface area (Å²) >= 11 is 0. The molecule has 31 heavy (non-hydrogen) atoms. The number of aromatic nitrogens is 2. The first-order valence-electron chi connectivity index (χ1n) is 10.7. The first kappa shape index (κ1) is 20.7. The van der Waals surface area contributed by atoms with Crippen molar-refractivity contribution in [1.82, 2.24) is 15.1 Å². The summed E-state index contributed by atoms with van der Waals surface area (Å²) in [4.78, 5) is 15.0. The molecule has 7 nitrogen and oxygen atoms in total. The maximum atomic E-state index is 13.2. The van der Waals surface area contributed by atoms with E-state index < -0.39 is 0 Å². The van der Waals surface area contributed by atoms with Gasteiger partial charge in [-0.15, -0.1) is 0 Å². The van der Waals surface area contributed by atoms with Crippen molar-refractivity contribution in [3.05, 3.63) is 52.7 Å². The third-order valence-electron chi connectivity index (χ3n) is 5.64. The van der Waals surface area contributed by atoms with Crippen LogP contribution in [0.3, 0.4) is 0 Å². The lowest BCUT2D eigenvalue weighted by atomic mass is 10.1. The van der Waals surface area contributed by atoms with Crippen molar-refractivity contribution >= 4 is 16.8 Å². The number of fused-ring (bicyclic) bond motifs is 2. The number of unbranched alkanes of at least 4 members (excludes halogenated alkanes) is 2. The predicted octanol–water partition coefficient (Wildman–Crippen LogP) is 4.45. The van der Waals surface area contributed by atoms with Gasteiger partial charge in [0.15, 0.2) is 0 Å². The van der Waals surface area contributed by atoms with E-state index in [9.17, 15) is 9.90 Å². The number of nitriles is 1. The van der Waals surface area contributed by atoms with Crippen molar-refractivity contribution in [1.29, 1.82) is 5.26 Å². The number of H-pyrrole nitrogens is 1. The molecular weight excluding hydrogens is 392 g/mol. The normalized spacial score (nSPS) is 12.7. The number of carbonyl (C=O) groups excluding carboxylic acids is 1. The molecule has 0 bridgehead atoms. The maximum absolute atomic E-state index is 13.2. The fourth-order valence-corrected chi connectivity index (χ4v) is 3.93. The number of aryl methyl sites for hydroxylation is 1. The number of rotatable bonds is 8. The molecule has 0 radical (unpaired) electrons. The fourth-order valence-electron chi connectivity index (χ4n) is 3.93. The fraction of sp³-hybridized carbons (Fsp3) is 0.375. The van der Waals surface area contributed by atoms with Crippen molar-refractivity contribution in [3.8, 4) is 17.6 Å². The van der Waals surface area contributed by atoms with Crippen LogP contribution in [0, 0.1) is 11.3 Å². The minimum absolute atomic E-state index is 0.0411. The van der Waals surface area contributed by atoms with Crippen molar-refractivity contribution in [2.24, 2.45) is 0 Å². The number of benzene rings is 2. The van der Waals surface area contributed by atoms with E-state index in [1.807, 2.05) is 18.2 Å². The van der Waals surface area contributed by atoms with Gasteiger partial charge in [-0.1, -0.05) is 19.4 Å². The van der Waals surface area contributed by atoms with E-state index in [0.717, 1.165) is 52.7 Å². The van der Waals surface area contributed by atoms with Crippen molar-refractivity contribution in [2.45, 2.75) is 52.1 Å². The van der Waals surface area contributed by atoms with Crippen LogP contribution >= 0.6 is 0 Å². The summed E-state index contributed by atoms with van der Waals surface area (Å²) in [6, 6.07) is 11.3. The number of nitrogens with one attached hydrogen (secondary N) is 1. The smallest absolute Gasteiger partial charge is 0.258 e. The number of hydrogen-bond donors (Lipinski definition) is 2. The van der Waals surface area contributed by atoms with Crippen LogP contribution in [-0.4, -0.2) is 32.7 Å². The molecule has 0 fully saturated rings. The quantitative estimate of drug-likeness (QED) is 0.526. The van der Waals surface area contributed by atoms with Crippen LogP contribution in [0.25, 0.3) is 10.9 Å². The summed E-state index contributed by atoms with van der Waals surface area (Å²) in [6.45, 7) is 3.58. The summed E-state index contributed by atoms with van der Waals surface area (Å²) in [5, 5.41) is 27.3. The molecule has 2 aromatic carbocycles. The molecule has 2 N–H and O–H groups in total. The van der Waals surface area contributed by atoms with Gasteiger partial charge in [0.25, 0.3) is 5.91 Å². The number of phenolic OH excluding ortho intramolecular Hbond substituents is 1. The minimum Gasteiger partial charge on any atom is -0.507 e. The van der Waals surface area contributed by atoms with Crippen LogP contribution in [0.4, 0.5) is 0 Å². The van der Waals surface area contributed by atoms with Crippen LogP contribution in [0.15, 0.2) is 30.3 Å². The predicted molar refractivity (Wildman–Crippen MR) is 117 cm³/mol. The molecular formula is C24H26N4O3. The highest BCUT2D eigenvalue weighted by atomic mass is 16.5. The Balaban J connectivity index is 1.51. The summed E-state index contributed by atoms with van der Waals surface area (Å²) in [5.41, 5.74) is 4.08. The zero-order valence-electron chi connectivity index (χ0n) is 17.6. The molecule has 0 spiro atoms. The molecule has 0 aliphatic carbocycles. The van der Waals surface area contributed by atoms with E-state index in [1.54, 1.807) is 17.0 Å². The number of aromatic amines is 1. The van der Waals surface area contributed by atoms with Gasteiger partial charge in [-0.25, -0.2) is 0 Å². The highest BCUT2D eigenvalue weighted by Gasteiger charge is 2.27. The zero-order valence-corrected chi connectivity index (χ0v) is 17.6. The summed E-state index contributed by atoms with van der Waals surface area (Å²) in [7, 11) is 0. The average Bonchev–Trinajstić information content (AvgIpc) is 3.37. The van der Waals surface area contributed by atoms with E-state index in [0.29, 0.717) is 38.1 Å². The van der Waals surface area contributed by atoms with Gasteiger partial charge in [-0.3, -0.25) is 9.89 Å². The van der Waals surface area contributed by atoms with Crippen LogP contribution in [-0.2, 0) is 19.5 Å². The van der Waals surface area contributed by atoms with Gasteiger partial charge in [0, 0.05) is 31.0 Å². The molecule has 7 heteroatoms. The Morgan fingerprint density at radius 1 is 1.26 bits per heavy atom. The third-order valence-corrected chi connectivity index (χ3v) is 5.64. The number of phenols is 1. The number of nitrogens with zero attached hydrogens (tertiary/aromatic N) is 3. The molecule has 2 heterocycles. The Bertz CT molecular complexity index is 1150. The van der Waals surface area contributed by atoms with Crippen LogP contribution in [0.5, 0.6) is 11.5 Å². The van der Waals surface area contributed by atoms with Gasteiger partial charge in [0.2, 0.25) is 0 Å². The molecule has 0 saturated carbocycles. The Morgan fingerprint density at radius 3 is 2.90 bits per heavy atom. The zero-order chi connectivity index (χ0) is 21.8. The van der Waals surface area contributed by atoms with E-state index in [4.69, 9.17) is 10.00 Å². The van der Waals surface area contributed by atoms with E-state index in [-0.39, 0.29) is 11.7 Å². The number of aromatic hydroxyl groups is 1. The molecule has 4 rings (SSSR count). The number of ether oxygens (including phenoxy) is 1. The SMILES string of the molecule is CCCCc1n[nH]c2cc(O)c(C(=O)N3Cc4ccc(OCCCC#N)cc4C3)cc12. The van der Waals surface area contributed by atoms with Gasteiger partial charge in [0.05, 0.1) is 29.5 Å². The first-order chi connectivity index (χ1) is 15.1. The van der Waals surface area contributed by atoms with Crippen LogP contribution in [0.1, 0.15) is 59.8 Å². The summed E-state index contributed by atoms with van der Waals surface area (Å²) < 4.78 is 5.71. The molecule has 0 saturated heterocycles. The van der Waals surface area contributed by atoms with Crippen LogP contribution in [0.2, 0.25) is 0 Å². The molecule has 1 aliphatic rings. The molecule has 3 aromatic rings. The number of amides is 1. The highest BCUT2D eigenvalue weighted by Crippen LogP contribution is 2.32. The molecule has 160 valence electrons. The second-order valence-electron chi connectivity index (χ2n) is 7.89. The Morgan fingerprint density at radius 2 is 2.10 bits per heavy atom. The topological polar surface area (TPSA) is 102 Å². The second kappa shape index (κ2) is 9.09. The van der Waals surface area contributed by atoms with Gasteiger partial charge in [-0.05, 0) is 48.6 Å². The lowest BCUT2D eigenvalue weighted by Crippen LogP contribution is -2.25. The van der Waals surface area contributed by atoms with E-state index in [1.165, 1.54) is 0 Å². The van der Waals surface area contributed by atoms with Crippen molar-refractivity contribution in [2.75, 3.05) is 6.61 Å². The monoisotopic (exact) mass is 418 g/mol. The average molecular weight is 418 g/mol. The standard InChI is InChI=1S/C24H26N4O3/c1-2-3-6-21-19-12-20(23(29)13-22(19)27-26-21)24(30)28-14-16-7-8-18(11-17(16)15-28)31-10-5-4-9-25/h7-8,11-13,29H,2-6,10,14-15H2,1H3,(H,26,27). The molecule has 1 aliphatic heterocycles. The highest BCUT2D eigenvalue weighted by molar-refractivity contribution is 6.01. The number of hydrogen-bond acceptors (Lipinski definition) is 5. The Labute approximate surface area is 181 Å². The van der Waals surface area contributed by atoms with Gasteiger partial charge >= 0.3 is 0 Å². The van der Waals surface area contributed by atoms with E-state index in [2.05, 4.69) is 23.2 Å². The lowest BCUT2D eigenvalue weighted by molar-refractivity contribution is 0.0748. The van der Waals surface area contributed by atoms with Gasteiger partial charge < -0.3 is 14.7 Å². The second-order valence-corrected chi connectivity index (χ2v) is 7.89. The molecule has 1 amide bonds. The van der Waals surface area contributed by atoms with Crippen molar-refractivity contribution in [3.63, 3.8) is 0 Å². The summed E-state index contributed by atoms with van der Waals surface area (Å²) in [6.07, 6.45) is 4.08. The number of carbonyl (C=O) groups is 1.